The first-order chi connectivity index (χ1) is 9.51. The number of amides is 1. The van der Waals surface area contributed by atoms with Gasteiger partial charge in [-0.05, 0) is 6.07 Å². The SMILES string of the molecule is NCC1CN(C(=O)c2cc(Br)cc([N+](=O)[O-])c2)CCO1. The molecular formula is C12H14BrN3O4. The van der Waals surface area contributed by atoms with Gasteiger partial charge in [0, 0.05) is 41.8 Å². The number of nitro benzene ring substituents is 1. The van der Waals surface area contributed by atoms with Gasteiger partial charge in [0.25, 0.3) is 11.6 Å². The van der Waals surface area contributed by atoms with Crippen molar-refractivity contribution in [3.05, 3.63) is 38.3 Å². The molecule has 8 heteroatoms. The Morgan fingerprint density at radius 3 is 2.95 bits per heavy atom. The molecule has 108 valence electrons. The smallest absolute Gasteiger partial charge is 0.271 e. The Labute approximate surface area is 124 Å². The first-order valence-corrected chi connectivity index (χ1v) is 6.86. The highest BCUT2D eigenvalue weighted by molar-refractivity contribution is 9.10. The highest BCUT2D eigenvalue weighted by Crippen LogP contribution is 2.23. The fourth-order valence-corrected chi connectivity index (χ4v) is 2.51. The molecule has 1 amide bonds. The molecule has 0 saturated carbocycles. The van der Waals surface area contributed by atoms with Crippen molar-refractivity contribution in [2.75, 3.05) is 26.2 Å². The maximum atomic E-state index is 12.4. The van der Waals surface area contributed by atoms with Crippen LogP contribution >= 0.6 is 15.9 Å². The van der Waals surface area contributed by atoms with Gasteiger partial charge < -0.3 is 15.4 Å². The third kappa shape index (κ3) is 3.33. The molecule has 0 aliphatic carbocycles. The number of morpholine rings is 1. The molecule has 0 spiro atoms. The van der Waals surface area contributed by atoms with Crippen molar-refractivity contribution in [1.82, 2.24) is 4.90 Å². The number of rotatable bonds is 3. The molecular weight excluding hydrogens is 330 g/mol. The Bertz CT molecular complexity index is 537. The quantitative estimate of drug-likeness (QED) is 0.655. The lowest BCUT2D eigenvalue weighted by Gasteiger charge is -2.32. The van der Waals surface area contributed by atoms with Crippen LogP contribution in [0.2, 0.25) is 0 Å². The van der Waals surface area contributed by atoms with E-state index in [1.54, 1.807) is 11.0 Å². The van der Waals surface area contributed by atoms with Crippen molar-refractivity contribution in [2.24, 2.45) is 5.73 Å². The number of nitrogens with two attached hydrogens (primary N) is 1. The van der Waals surface area contributed by atoms with E-state index >= 15 is 0 Å². The summed E-state index contributed by atoms with van der Waals surface area (Å²) < 4.78 is 5.89. The van der Waals surface area contributed by atoms with Crippen LogP contribution < -0.4 is 5.73 Å². The first-order valence-electron chi connectivity index (χ1n) is 6.07. The zero-order chi connectivity index (χ0) is 14.7. The Balaban J connectivity index is 2.22. The maximum absolute atomic E-state index is 12.4. The van der Waals surface area contributed by atoms with Crippen LogP contribution in [0.3, 0.4) is 0 Å². The molecule has 1 aromatic carbocycles. The van der Waals surface area contributed by atoms with Crippen molar-refractivity contribution >= 4 is 27.5 Å². The van der Waals surface area contributed by atoms with Crippen LogP contribution in [0.15, 0.2) is 22.7 Å². The molecule has 1 unspecified atom stereocenters. The van der Waals surface area contributed by atoms with Crippen LogP contribution in [0.1, 0.15) is 10.4 Å². The summed E-state index contributed by atoms with van der Waals surface area (Å²) in [6, 6.07) is 4.21. The second kappa shape index (κ2) is 6.29. The molecule has 1 fully saturated rings. The normalized spacial score (nSPS) is 18.9. The topological polar surface area (TPSA) is 98.7 Å². The van der Waals surface area contributed by atoms with Crippen LogP contribution in [0.4, 0.5) is 5.69 Å². The van der Waals surface area contributed by atoms with E-state index < -0.39 is 4.92 Å². The average molecular weight is 344 g/mol. The molecule has 2 rings (SSSR count). The van der Waals surface area contributed by atoms with E-state index in [0.29, 0.717) is 30.7 Å². The molecule has 7 nitrogen and oxygen atoms in total. The molecule has 1 saturated heterocycles. The number of nitrogens with zero attached hydrogens (tertiary/aromatic N) is 2. The molecule has 0 aromatic heterocycles. The van der Waals surface area contributed by atoms with Crippen LogP contribution in [0.5, 0.6) is 0 Å². The minimum Gasteiger partial charge on any atom is -0.373 e. The van der Waals surface area contributed by atoms with E-state index in [4.69, 9.17) is 10.5 Å². The van der Waals surface area contributed by atoms with Crippen molar-refractivity contribution in [3.8, 4) is 0 Å². The average Bonchev–Trinajstić information content (AvgIpc) is 2.45. The van der Waals surface area contributed by atoms with Gasteiger partial charge in [-0.3, -0.25) is 14.9 Å². The molecule has 1 atom stereocenters. The summed E-state index contributed by atoms with van der Waals surface area (Å²) in [7, 11) is 0. The van der Waals surface area contributed by atoms with Crippen molar-refractivity contribution in [3.63, 3.8) is 0 Å². The van der Waals surface area contributed by atoms with E-state index in [0.717, 1.165) is 0 Å². The number of benzene rings is 1. The van der Waals surface area contributed by atoms with E-state index in [1.807, 2.05) is 0 Å². The Kier molecular flexibility index (Phi) is 4.69. The van der Waals surface area contributed by atoms with Gasteiger partial charge in [0.2, 0.25) is 0 Å². The Morgan fingerprint density at radius 2 is 2.30 bits per heavy atom. The molecule has 1 heterocycles. The first kappa shape index (κ1) is 14.9. The molecule has 1 aromatic rings. The lowest BCUT2D eigenvalue weighted by atomic mass is 10.1. The summed E-state index contributed by atoms with van der Waals surface area (Å²) in [6.07, 6.45) is -0.185. The Morgan fingerprint density at radius 1 is 1.55 bits per heavy atom. The fourth-order valence-electron chi connectivity index (χ4n) is 2.03. The minimum absolute atomic E-state index is 0.119. The summed E-state index contributed by atoms with van der Waals surface area (Å²) in [5.74, 6) is -0.254. The van der Waals surface area contributed by atoms with Gasteiger partial charge in [0.15, 0.2) is 0 Å². The second-order valence-electron chi connectivity index (χ2n) is 4.43. The number of hydrogen-bond acceptors (Lipinski definition) is 5. The number of hydrogen-bond donors (Lipinski definition) is 1. The third-order valence-corrected chi connectivity index (χ3v) is 3.49. The van der Waals surface area contributed by atoms with Crippen LogP contribution in [-0.2, 0) is 4.74 Å². The zero-order valence-electron chi connectivity index (χ0n) is 10.6. The fraction of sp³-hybridized carbons (Fsp3) is 0.417. The predicted octanol–water partition coefficient (Wildman–Crippen LogP) is 1.16. The van der Waals surface area contributed by atoms with Crippen molar-refractivity contribution < 1.29 is 14.5 Å². The van der Waals surface area contributed by atoms with E-state index in [9.17, 15) is 14.9 Å². The van der Waals surface area contributed by atoms with Gasteiger partial charge in [0.1, 0.15) is 0 Å². The minimum atomic E-state index is -0.524. The summed E-state index contributed by atoms with van der Waals surface area (Å²) in [4.78, 5) is 24.3. The highest BCUT2D eigenvalue weighted by Gasteiger charge is 2.25. The largest absolute Gasteiger partial charge is 0.373 e. The lowest BCUT2D eigenvalue weighted by Crippen LogP contribution is -2.48. The zero-order valence-corrected chi connectivity index (χ0v) is 12.2. The number of carbonyl (C=O) groups excluding carboxylic acids is 1. The molecule has 2 N–H and O–H groups in total. The summed E-state index contributed by atoms with van der Waals surface area (Å²) in [5.41, 5.74) is 5.69. The van der Waals surface area contributed by atoms with Crippen LogP contribution in [0, 0.1) is 10.1 Å². The molecule has 1 aliphatic rings. The van der Waals surface area contributed by atoms with Gasteiger partial charge in [-0.2, -0.15) is 0 Å². The molecule has 0 bridgehead atoms. The second-order valence-corrected chi connectivity index (χ2v) is 5.35. The summed E-state index contributed by atoms with van der Waals surface area (Å²) >= 11 is 3.18. The number of nitro groups is 1. The highest BCUT2D eigenvalue weighted by atomic mass is 79.9. The van der Waals surface area contributed by atoms with Gasteiger partial charge in [0.05, 0.1) is 17.6 Å². The van der Waals surface area contributed by atoms with E-state index in [1.165, 1.54) is 12.1 Å². The van der Waals surface area contributed by atoms with Crippen LogP contribution in [-0.4, -0.2) is 48.1 Å². The number of carbonyl (C=O) groups is 1. The number of halogens is 1. The van der Waals surface area contributed by atoms with Gasteiger partial charge in [-0.1, -0.05) is 15.9 Å². The molecule has 0 radical (unpaired) electrons. The summed E-state index contributed by atoms with van der Waals surface area (Å²) in [5, 5.41) is 10.8. The van der Waals surface area contributed by atoms with Gasteiger partial charge in [-0.25, -0.2) is 0 Å². The van der Waals surface area contributed by atoms with Gasteiger partial charge in [-0.15, -0.1) is 0 Å². The summed E-state index contributed by atoms with van der Waals surface area (Å²) in [6.45, 7) is 1.61. The van der Waals surface area contributed by atoms with Crippen molar-refractivity contribution in [2.45, 2.75) is 6.10 Å². The van der Waals surface area contributed by atoms with Gasteiger partial charge >= 0.3 is 0 Å². The molecule has 1 aliphatic heterocycles. The maximum Gasteiger partial charge on any atom is 0.271 e. The predicted molar refractivity (Wildman–Crippen MR) is 75.5 cm³/mol. The third-order valence-electron chi connectivity index (χ3n) is 3.03. The number of ether oxygens (including phenoxy) is 1. The lowest BCUT2D eigenvalue weighted by molar-refractivity contribution is -0.385. The standard InChI is InChI=1S/C12H14BrN3O4/c13-9-3-8(4-10(5-9)16(18)19)12(17)15-1-2-20-11(6-14)7-15/h3-5,11H,1-2,6-7,14H2. The monoisotopic (exact) mass is 343 g/mol. The Hall–Kier alpha value is -1.51. The molecule has 20 heavy (non-hydrogen) atoms. The van der Waals surface area contributed by atoms with Crippen molar-refractivity contribution in [1.29, 1.82) is 0 Å². The number of non-ortho nitro benzene ring substituents is 1. The van der Waals surface area contributed by atoms with E-state index in [2.05, 4.69) is 15.9 Å². The van der Waals surface area contributed by atoms with Crippen LogP contribution in [0.25, 0.3) is 0 Å². The van der Waals surface area contributed by atoms with E-state index in [-0.39, 0.29) is 23.3 Å².